The summed E-state index contributed by atoms with van der Waals surface area (Å²) >= 11 is 0. The van der Waals surface area contributed by atoms with Gasteiger partial charge in [-0.15, -0.1) is 0 Å². The van der Waals surface area contributed by atoms with Crippen molar-refractivity contribution in [2.24, 2.45) is 0 Å². The Bertz CT molecular complexity index is 920. The predicted octanol–water partition coefficient (Wildman–Crippen LogP) is -3.71. The summed E-state index contributed by atoms with van der Waals surface area (Å²) in [6, 6.07) is 6.61. The molecule has 0 saturated carbocycles. The average molecular weight is 547 g/mol. The lowest BCUT2D eigenvalue weighted by molar-refractivity contribution is -0.530. The van der Waals surface area contributed by atoms with E-state index in [9.17, 15) is 50.9 Å². The second-order valence-electron chi connectivity index (χ2n) is 10.1. The normalized spacial score (nSPS) is 27.9. The Hall–Kier alpha value is -2.24. The summed E-state index contributed by atoms with van der Waals surface area (Å²) in [6.07, 6.45) is -15.2. The molecule has 1 aliphatic heterocycles. The quantitative estimate of drug-likeness (QED) is 0.0564. The van der Waals surface area contributed by atoms with Crippen LogP contribution in [0.25, 0.3) is 0 Å². The van der Waals surface area contributed by atoms with E-state index in [1.807, 2.05) is 0 Å². The molecule has 0 aromatic heterocycles. The van der Waals surface area contributed by atoms with Crippen LogP contribution in [-0.4, -0.2) is 132 Å². The molecular formula is C24H38N2O12. The van der Waals surface area contributed by atoms with Gasteiger partial charge in [0.2, 0.25) is 0 Å². The number of nitrogens with one attached hydrogen (secondary N) is 1. The minimum atomic E-state index is -2.17. The molecule has 9 atom stereocenters. The molecule has 0 unspecified atom stereocenters. The zero-order valence-electron chi connectivity index (χ0n) is 21.4. The molecule has 9 N–H and O–H groups in total. The van der Waals surface area contributed by atoms with Gasteiger partial charge in [-0.2, -0.15) is 0 Å². The molecule has 38 heavy (non-hydrogen) atoms. The molecule has 14 heteroatoms. The highest BCUT2D eigenvalue weighted by Gasteiger charge is 2.47. The first kappa shape index (κ1) is 32.0. The molecule has 0 radical (unpaired) electrons. The predicted molar refractivity (Wildman–Crippen MR) is 131 cm³/mol. The maximum atomic E-state index is 12.5. The van der Waals surface area contributed by atoms with Crippen LogP contribution in [0, 0.1) is 5.21 Å². The molecule has 1 saturated heterocycles. The number of hydroxylamine groups is 1. The van der Waals surface area contributed by atoms with Crippen molar-refractivity contribution in [1.29, 1.82) is 0 Å². The van der Waals surface area contributed by atoms with Gasteiger partial charge < -0.3 is 60.8 Å². The van der Waals surface area contributed by atoms with Crippen molar-refractivity contribution in [3.8, 4) is 0 Å². The second-order valence-corrected chi connectivity index (χ2v) is 10.1. The number of aliphatic hydroxyl groups is 8. The van der Waals surface area contributed by atoms with E-state index < -0.39 is 79.8 Å². The number of rotatable bonds is 11. The van der Waals surface area contributed by atoms with Gasteiger partial charge in [0.1, 0.15) is 42.7 Å². The molecule has 14 nitrogen and oxygen atoms in total. The lowest BCUT2D eigenvalue weighted by Crippen LogP contribution is -2.62. The van der Waals surface area contributed by atoms with Gasteiger partial charge in [0.15, 0.2) is 24.1 Å². The van der Waals surface area contributed by atoms with Crippen LogP contribution in [0.4, 0.5) is 0 Å². The van der Waals surface area contributed by atoms with E-state index in [1.54, 1.807) is 45.0 Å². The van der Waals surface area contributed by atoms with Crippen LogP contribution in [0.5, 0.6) is 0 Å². The van der Waals surface area contributed by atoms with Crippen LogP contribution in [-0.2, 0) is 20.8 Å². The molecular weight excluding hydrogens is 508 g/mol. The van der Waals surface area contributed by atoms with E-state index in [0.717, 1.165) is 4.74 Å². The average Bonchev–Trinajstić information content (AvgIpc) is 2.89. The van der Waals surface area contributed by atoms with E-state index in [-0.39, 0.29) is 6.54 Å². The molecule has 2 rings (SSSR count). The van der Waals surface area contributed by atoms with Crippen LogP contribution < -0.4 is 5.32 Å². The first-order valence-corrected chi connectivity index (χ1v) is 12.0. The number of hydrogen-bond acceptors (Lipinski definition) is 12. The minimum absolute atomic E-state index is 0.0654. The van der Waals surface area contributed by atoms with Crippen molar-refractivity contribution in [3.05, 3.63) is 40.6 Å². The van der Waals surface area contributed by atoms with E-state index in [0.29, 0.717) is 11.1 Å². The van der Waals surface area contributed by atoms with Gasteiger partial charge >= 0.3 is 0 Å². The summed E-state index contributed by atoms with van der Waals surface area (Å²) in [5.41, 5.74) is 0.624. The van der Waals surface area contributed by atoms with Gasteiger partial charge in [-0.3, -0.25) is 4.79 Å². The van der Waals surface area contributed by atoms with Crippen molar-refractivity contribution in [3.63, 3.8) is 0 Å². The highest BCUT2D eigenvalue weighted by Crippen LogP contribution is 2.25. The van der Waals surface area contributed by atoms with Crippen molar-refractivity contribution in [2.75, 3.05) is 13.2 Å². The number of nitrogens with zero attached hydrogens (tertiary/aromatic N) is 1. The Balaban J connectivity index is 2.04. The van der Waals surface area contributed by atoms with Crippen molar-refractivity contribution in [2.45, 2.75) is 88.0 Å². The van der Waals surface area contributed by atoms with Gasteiger partial charge in [-0.05, 0) is 17.7 Å². The van der Waals surface area contributed by atoms with E-state index >= 15 is 0 Å². The van der Waals surface area contributed by atoms with Gasteiger partial charge in [-0.25, -0.2) is 4.74 Å². The summed E-state index contributed by atoms with van der Waals surface area (Å²) in [5.74, 6) is -1.06. The number of aliphatic hydroxyl groups excluding tert-OH is 8. The number of benzene rings is 1. The largest absolute Gasteiger partial charge is 0.623 e. The van der Waals surface area contributed by atoms with E-state index in [2.05, 4.69) is 5.32 Å². The summed E-state index contributed by atoms with van der Waals surface area (Å²) < 4.78 is 11.3. The Kier molecular flexibility index (Phi) is 11.5. The summed E-state index contributed by atoms with van der Waals surface area (Å²) in [6.45, 7) is 3.48. The standard InChI is InChI=1S/C24H38N2O12/c1-24(2,3)26(36)9-13-6-4-12(5-7-13)8-25-22(35)19(33)18(32)21(14(29)10-27)38-23-20(34)17(31)16(30)15(11-28)37-23/h4-7,9,14-21,23,27-34H,8,10-11H2,1-3H3,(H,25,35)/t14-,15-,16+,17+,18-,19-,20-,21-,23+/m1/s1. The number of amides is 1. The lowest BCUT2D eigenvalue weighted by Gasteiger charge is -2.42. The maximum absolute atomic E-state index is 12.5. The van der Waals surface area contributed by atoms with Crippen LogP contribution in [0.15, 0.2) is 24.3 Å². The molecule has 1 amide bonds. The van der Waals surface area contributed by atoms with Crippen molar-refractivity contribution >= 4 is 12.1 Å². The lowest BCUT2D eigenvalue weighted by atomic mass is 9.98. The fraction of sp³-hybridized carbons (Fsp3) is 0.667. The zero-order chi connectivity index (χ0) is 28.8. The maximum Gasteiger partial charge on any atom is 0.251 e. The molecule has 0 spiro atoms. The number of carbonyl (C=O) groups excluding carboxylic acids is 1. The highest BCUT2D eigenvalue weighted by molar-refractivity contribution is 5.81. The Morgan fingerprint density at radius 2 is 1.71 bits per heavy atom. The molecule has 1 heterocycles. The Morgan fingerprint density at radius 3 is 2.24 bits per heavy atom. The smallest absolute Gasteiger partial charge is 0.251 e. The topological polar surface area (TPSA) is 235 Å². The SMILES string of the molecule is CC(C)(C)[N+]([O-])=Cc1ccc(CNC(=O)[C@H](O)[C@@H](O)[C@H](O[C@@H]2O[C@H](CO)[C@H](O)[C@H](O)[C@H]2O)[C@H](O)CO)cc1. The van der Waals surface area contributed by atoms with Crippen LogP contribution in [0.3, 0.4) is 0 Å². The summed E-state index contributed by atoms with van der Waals surface area (Å²) in [7, 11) is 0. The Labute approximate surface area is 219 Å². The van der Waals surface area contributed by atoms with Crippen molar-refractivity contribution in [1.82, 2.24) is 5.32 Å². The number of hydrogen-bond donors (Lipinski definition) is 9. The summed E-state index contributed by atoms with van der Waals surface area (Å²) in [4.78, 5) is 12.5. The first-order valence-electron chi connectivity index (χ1n) is 12.0. The van der Waals surface area contributed by atoms with Crippen molar-refractivity contribution < 1.29 is 59.9 Å². The highest BCUT2D eigenvalue weighted by atomic mass is 16.7. The van der Waals surface area contributed by atoms with Crippen LogP contribution >= 0.6 is 0 Å². The van der Waals surface area contributed by atoms with Gasteiger partial charge in [0.05, 0.1) is 13.2 Å². The molecule has 0 bridgehead atoms. The number of carbonyl (C=O) groups is 1. The fourth-order valence-corrected chi connectivity index (χ4v) is 3.52. The number of ether oxygens (including phenoxy) is 2. The third-order valence-corrected chi connectivity index (χ3v) is 6.01. The molecule has 1 aromatic carbocycles. The third kappa shape index (κ3) is 8.13. The minimum Gasteiger partial charge on any atom is -0.623 e. The molecule has 1 aromatic rings. The fourth-order valence-electron chi connectivity index (χ4n) is 3.52. The van der Waals surface area contributed by atoms with E-state index in [1.165, 1.54) is 6.21 Å². The van der Waals surface area contributed by atoms with Gasteiger partial charge in [-0.1, -0.05) is 12.1 Å². The van der Waals surface area contributed by atoms with Gasteiger partial charge in [0.25, 0.3) is 5.91 Å². The molecule has 1 aliphatic rings. The molecule has 216 valence electrons. The first-order chi connectivity index (χ1) is 17.7. The van der Waals surface area contributed by atoms with Crippen LogP contribution in [0.2, 0.25) is 0 Å². The Morgan fingerprint density at radius 1 is 1.11 bits per heavy atom. The zero-order valence-corrected chi connectivity index (χ0v) is 21.4. The molecule has 0 aliphatic carbocycles. The van der Waals surface area contributed by atoms with Gasteiger partial charge in [0, 0.05) is 32.9 Å². The monoisotopic (exact) mass is 546 g/mol. The van der Waals surface area contributed by atoms with E-state index in [4.69, 9.17) is 9.47 Å². The second kappa shape index (κ2) is 13.7. The summed E-state index contributed by atoms with van der Waals surface area (Å²) in [5, 5.41) is 94.1. The molecule has 1 fully saturated rings. The third-order valence-electron chi connectivity index (χ3n) is 6.01. The van der Waals surface area contributed by atoms with Crippen LogP contribution in [0.1, 0.15) is 31.9 Å².